The Bertz CT molecular complexity index is 2720. The van der Waals surface area contributed by atoms with E-state index in [0.717, 1.165) is 49.2 Å². The zero-order valence-electron chi connectivity index (χ0n) is 35.3. The van der Waals surface area contributed by atoms with Gasteiger partial charge in [0, 0.05) is 48.4 Å². The minimum atomic E-state index is -1.99. The fraction of sp³-hybridized carbons (Fsp3) is 0.231. The lowest BCUT2D eigenvalue weighted by Crippen LogP contribution is -2.40. The van der Waals surface area contributed by atoms with Crippen LogP contribution in [0.2, 0.25) is 0 Å². The first kappa shape index (κ1) is 43.7. The molecule has 0 saturated carbocycles. The van der Waals surface area contributed by atoms with E-state index in [-0.39, 0.29) is 48.3 Å². The number of H-pyrrole nitrogens is 1. The van der Waals surface area contributed by atoms with Gasteiger partial charge < -0.3 is 35.7 Å². The summed E-state index contributed by atoms with van der Waals surface area (Å²) in [6.45, 7) is 3.88. The number of amides is 1. The number of benzene rings is 5. The molecule has 1 saturated heterocycles. The molecule has 5 aromatic carbocycles. The van der Waals surface area contributed by atoms with Gasteiger partial charge >= 0.3 is 5.97 Å². The Morgan fingerprint density at radius 3 is 2.17 bits per heavy atom. The van der Waals surface area contributed by atoms with Crippen LogP contribution in [0.5, 0.6) is 5.75 Å². The molecule has 1 aliphatic heterocycles. The number of fused-ring (bicyclic) bond motifs is 1. The number of aliphatic hydroxyl groups excluding tert-OH is 1. The van der Waals surface area contributed by atoms with E-state index in [0.29, 0.717) is 39.9 Å². The minimum absolute atomic E-state index is 0.0668. The Balaban J connectivity index is 0.820. The maximum atomic E-state index is 13.8. The first-order chi connectivity index (χ1) is 31.1. The first-order valence-electron chi connectivity index (χ1n) is 21.5. The molecule has 6 N–H and O–H groups in total. The number of nitrogens with zero attached hydrogens (tertiary/aromatic N) is 2. The number of esters is 1. The number of aromatic hydroxyl groups is 1. The number of hydrogen-bond donors (Lipinski definition) is 6. The van der Waals surface area contributed by atoms with Gasteiger partial charge in [0.15, 0.2) is 0 Å². The van der Waals surface area contributed by atoms with E-state index in [1.165, 1.54) is 17.7 Å². The second kappa shape index (κ2) is 20.0. The second-order valence-corrected chi connectivity index (χ2v) is 16.3. The van der Waals surface area contributed by atoms with Crippen molar-refractivity contribution >= 4 is 22.8 Å². The molecule has 3 heterocycles. The Kier molecular flexibility index (Phi) is 13.7. The fourth-order valence-corrected chi connectivity index (χ4v) is 8.20. The summed E-state index contributed by atoms with van der Waals surface area (Å²) in [5, 5.41) is 39.8. The fourth-order valence-electron chi connectivity index (χ4n) is 8.20. The van der Waals surface area contributed by atoms with Crippen LogP contribution in [0.25, 0.3) is 22.0 Å². The molecule has 2 unspecified atom stereocenters. The van der Waals surface area contributed by atoms with Gasteiger partial charge in [0.05, 0.1) is 30.5 Å². The molecule has 0 radical (unpaired) electrons. The van der Waals surface area contributed by atoms with Crippen molar-refractivity contribution in [3.8, 4) is 16.9 Å². The second-order valence-electron chi connectivity index (χ2n) is 16.3. The maximum Gasteiger partial charge on any atom is 0.347 e. The maximum absolute atomic E-state index is 13.8. The summed E-state index contributed by atoms with van der Waals surface area (Å²) in [5.41, 5.74) is 4.39. The van der Waals surface area contributed by atoms with Crippen LogP contribution < -0.4 is 16.2 Å². The molecule has 12 nitrogen and oxygen atoms in total. The Morgan fingerprint density at radius 2 is 1.47 bits per heavy atom. The molecular formula is C52H51N5O7. The summed E-state index contributed by atoms with van der Waals surface area (Å²) in [6, 6.07) is 43.4. The highest BCUT2D eigenvalue weighted by molar-refractivity contribution is 5.94. The van der Waals surface area contributed by atoms with Crippen molar-refractivity contribution in [1.29, 1.82) is 0 Å². The summed E-state index contributed by atoms with van der Waals surface area (Å²) in [4.78, 5) is 48.2. The molecule has 0 bridgehead atoms. The Labute approximate surface area is 371 Å². The topological polar surface area (TPSA) is 177 Å². The number of phenols is 1. The number of rotatable bonds is 16. The predicted octanol–water partition coefficient (Wildman–Crippen LogP) is 6.74. The van der Waals surface area contributed by atoms with E-state index in [9.17, 15) is 29.7 Å². The molecule has 0 spiro atoms. The normalized spacial score (nSPS) is 14.7. The monoisotopic (exact) mass is 857 g/mol. The van der Waals surface area contributed by atoms with Crippen LogP contribution in [0.1, 0.15) is 62.8 Å². The molecule has 64 heavy (non-hydrogen) atoms. The quantitative estimate of drug-likeness (QED) is 0.0571. The van der Waals surface area contributed by atoms with Crippen LogP contribution in [0, 0.1) is 5.92 Å². The predicted molar refractivity (Wildman–Crippen MR) is 245 cm³/mol. The molecule has 1 fully saturated rings. The Hall–Kier alpha value is -6.96. The Morgan fingerprint density at radius 1 is 0.781 bits per heavy atom. The lowest BCUT2D eigenvalue weighted by atomic mass is 9.85. The van der Waals surface area contributed by atoms with Crippen LogP contribution in [-0.4, -0.2) is 68.3 Å². The van der Waals surface area contributed by atoms with Gasteiger partial charge in [-0.25, -0.2) is 4.79 Å². The number of pyridine rings is 2. The number of likely N-dealkylation sites (tertiary alicyclic amines) is 1. The molecule has 326 valence electrons. The van der Waals surface area contributed by atoms with Crippen molar-refractivity contribution < 1.29 is 29.6 Å². The van der Waals surface area contributed by atoms with Crippen molar-refractivity contribution in [3.05, 3.63) is 201 Å². The zero-order valence-corrected chi connectivity index (χ0v) is 35.3. The van der Waals surface area contributed by atoms with Crippen molar-refractivity contribution in [2.24, 2.45) is 5.92 Å². The average molecular weight is 858 g/mol. The number of piperidine rings is 1. The van der Waals surface area contributed by atoms with Crippen molar-refractivity contribution in [3.63, 3.8) is 0 Å². The number of phenolic OH excluding ortho intramolecular Hbond substituents is 1. The van der Waals surface area contributed by atoms with Crippen LogP contribution in [0.3, 0.4) is 0 Å². The number of ether oxygens (including phenoxy) is 1. The summed E-state index contributed by atoms with van der Waals surface area (Å²) in [6.07, 6.45) is 2.66. The largest absolute Gasteiger partial charge is 0.506 e. The number of carbonyl (C=O) groups is 2. The standard InChI is InChI=1S/C52H51N5O7/c58-46-23-21-44(45-22-24-48(60)56-49(45)46)47(59)32-53-29-35-11-13-39(14-12-35)50(61)55-31-43-20-17-40(30-54-43)38-15-18-42(19-16-38)52(63,41-9-5-2-6-10-41)51(62)64-34-37-25-27-57(28-26-37)33-36-7-3-1-4-8-36/h1-24,30,37,47,53,58-59,63H,25-29,31-34H2,(H,55,61)(H,56,60). The number of carbonyl (C=O) groups excluding carboxylic acids is 2. The number of nitrogens with one attached hydrogen (secondary N) is 3. The molecular weight excluding hydrogens is 807 g/mol. The van der Waals surface area contributed by atoms with Crippen LogP contribution in [-0.2, 0) is 34.8 Å². The van der Waals surface area contributed by atoms with Crippen LogP contribution in [0.15, 0.2) is 157 Å². The van der Waals surface area contributed by atoms with E-state index in [1.54, 1.807) is 66.9 Å². The van der Waals surface area contributed by atoms with E-state index in [2.05, 4.69) is 49.8 Å². The molecule has 0 aliphatic carbocycles. The number of aromatic amines is 1. The molecule has 7 aromatic rings. The summed E-state index contributed by atoms with van der Waals surface area (Å²) in [5.74, 6) is -0.798. The first-order valence-corrected chi connectivity index (χ1v) is 21.5. The third kappa shape index (κ3) is 10.3. The summed E-state index contributed by atoms with van der Waals surface area (Å²) >= 11 is 0. The molecule has 2 atom stereocenters. The van der Waals surface area contributed by atoms with Gasteiger partial charge in [0.1, 0.15) is 5.75 Å². The molecule has 8 rings (SSSR count). The van der Waals surface area contributed by atoms with Gasteiger partial charge in [-0.15, -0.1) is 0 Å². The van der Waals surface area contributed by atoms with Crippen LogP contribution in [0.4, 0.5) is 0 Å². The van der Waals surface area contributed by atoms with E-state index >= 15 is 0 Å². The number of aromatic nitrogens is 2. The van der Waals surface area contributed by atoms with Crippen molar-refractivity contribution in [2.45, 2.75) is 44.2 Å². The highest BCUT2D eigenvalue weighted by Gasteiger charge is 2.42. The summed E-state index contributed by atoms with van der Waals surface area (Å²) < 4.78 is 5.89. The highest BCUT2D eigenvalue weighted by Crippen LogP contribution is 2.34. The van der Waals surface area contributed by atoms with Gasteiger partial charge in [-0.3, -0.25) is 19.5 Å². The lowest BCUT2D eigenvalue weighted by Gasteiger charge is -2.33. The van der Waals surface area contributed by atoms with Gasteiger partial charge in [-0.05, 0) is 95.6 Å². The third-order valence-corrected chi connectivity index (χ3v) is 11.9. The van der Waals surface area contributed by atoms with E-state index < -0.39 is 17.7 Å². The van der Waals surface area contributed by atoms with Gasteiger partial charge in [0.2, 0.25) is 11.2 Å². The van der Waals surface area contributed by atoms with Crippen LogP contribution >= 0.6 is 0 Å². The smallest absolute Gasteiger partial charge is 0.347 e. The number of hydrogen-bond acceptors (Lipinski definition) is 10. The number of aliphatic hydroxyl groups is 2. The van der Waals surface area contributed by atoms with E-state index in [1.807, 2.05) is 48.5 Å². The van der Waals surface area contributed by atoms with Gasteiger partial charge in [-0.1, -0.05) is 109 Å². The zero-order chi connectivity index (χ0) is 44.5. The van der Waals surface area contributed by atoms with Gasteiger partial charge in [-0.2, -0.15) is 0 Å². The lowest BCUT2D eigenvalue weighted by molar-refractivity contribution is -0.164. The minimum Gasteiger partial charge on any atom is -0.506 e. The summed E-state index contributed by atoms with van der Waals surface area (Å²) in [7, 11) is 0. The third-order valence-electron chi connectivity index (χ3n) is 11.9. The average Bonchev–Trinajstić information content (AvgIpc) is 3.34. The SMILES string of the molecule is O=C(NCc1ccc(-c2ccc(C(O)(C(=O)OCC3CCN(Cc4ccccc4)CC3)c3ccccc3)cc2)cn1)c1ccc(CNCC(O)c2ccc(O)c3[nH]c(=O)ccc23)cc1. The van der Waals surface area contributed by atoms with E-state index in [4.69, 9.17) is 4.74 Å². The van der Waals surface area contributed by atoms with Gasteiger partial charge in [0.25, 0.3) is 5.91 Å². The molecule has 2 aromatic heterocycles. The highest BCUT2D eigenvalue weighted by atomic mass is 16.5. The van der Waals surface area contributed by atoms with Crippen molar-refractivity contribution in [2.75, 3.05) is 26.2 Å². The molecule has 12 heteroatoms. The molecule has 1 aliphatic rings. The van der Waals surface area contributed by atoms with Crippen molar-refractivity contribution in [1.82, 2.24) is 25.5 Å². The molecule has 1 amide bonds.